The maximum absolute atomic E-state index is 12.4. The van der Waals surface area contributed by atoms with Gasteiger partial charge in [0.1, 0.15) is 6.33 Å². The van der Waals surface area contributed by atoms with E-state index in [1.165, 1.54) is 18.5 Å². The zero-order valence-electron chi connectivity index (χ0n) is 9.93. The van der Waals surface area contributed by atoms with Crippen LogP contribution in [0.3, 0.4) is 0 Å². The van der Waals surface area contributed by atoms with E-state index in [9.17, 15) is 13.2 Å². The number of hydrogen-bond donors (Lipinski definition) is 1. The average Bonchev–Trinajstić information content (AvgIpc) is 2.39. The van der Waals surface area contributed by atoms with Crippen molar-refractivity contribution < 1.29 is 13.2 Å². The van der Waals surface area contributed by atoms with Gasteiger partial charge in [0.05, 0.1) is 5.56 Å². The summed E-state index contributed by atoms with van der Waals surface area (Å²) in [4.78, 5) is 7.71. The van der Waals surface area contributed by atoms with E-state index in [-0.39, 0.29) is 6.04 Å². The Morgan fingerprint density at radius 1 is 1.05 bits per heavy atom. The van der Waals surface area contributed by atoms with Crippen LogP contribution < -0.4 is 5.73 Å². The smallest absolute Gasteiger partial charge is 0.324 e. The maximum atomic E-state index is 12.4. The topological polar surface area (TPSA) is 51.8 Å². The van der Waals surface area contributed by atoms with Gasteiger partial charge in [0.15, 0.2) is 0 Å². The fourth-order valence-electron chi connectivity index (χ4n) is 1.70. The number of aromatic nitrogens is 2. The van der Waals surface area contributed by atoms with Gasteiger partial charge in [0, 0.05) is 24.0 Å². The molecule has 6 heteroatoms. The molecule has 0 aliphatic heterocycles. The SMILES string of the molecule is NC(Cc1ccc(C(F)(F)F)cc1)c1cncnc1. The summed E-state index contributed by atoms with van der Waals surface area (Å²) in [7, 11) is 0. The molecule has 1 aromatic carbocycles. The second-order valence-corrected chi connectivity index (χ2v) is 4.18. The molecule has 19 heavy (non-hydrogen) atoms. The van der Waals surface area contributed by atoms with Crippen LogP contribution in [0.1, 0.15) is 22.7 Å². The predicted molar refractivity (Wildman–Crippen MR) is 64.1 cm³/mol. The van der Waals surface area contributed by atoms with Gasteiger partial charge < -0.3 is 5.73 Å². The summed E-state index contributed by atoms with van der Waals surface area (Å²) in [5.41, 5.74) is 6.78. The number of hydrogen-bond acceptors (Lipinski definition) is 3. The minimum atomic E-state index is -4.31. The van der Waals surface area contributed by atoms with Crippen LogP contribution in [0.25, 0.3) is 0 Å². The number of alkyl halides is 3. The van der Waals surface area contributed by atoms with Gasteiger partial charge in [-0.15, -0.1) is 0 Å². The van der Waals surface area contributed by atoms with Crippen molar-refractivity contribution in [1.82, 2.24) is 9.97 Å². The highest BCUT2D eigenvalue weighted by atomic mass is 19.4. The first-order valence-corrected chi connectivity index (χ1v) is 5.63. The molecule has 0 saturated carbocycles. The van der Waals surface area contributed by atoms with E-state index in [0.717, 1.165) is 23.3 Å². The molecule has 2 aromatic rings. The molecule has 1 heterocycles. The number of nitrogens with two attached hydrogens (primary N) is 1. The quantitative estimate of drug-likeness (QED) is 0.930. The average molecular weight is 267 g/mol. The van der Waals surface area contributed by atoms with Crippen molar-refractivity contribution in [2.24, 2.45) is 5.73 Å². The van der Waals surface area contributed by atoms with Crippen LogP contribution in [-0.4, -0.2) is 9.97 Å². The lowest BCUT2D eigenvalue weighted by atomic mass is 10.0. The van der Waals surface area contributed by atoms with Crippen LogP contribution >= 0.6 is 0 Å². The van der Waals surface area contributed by atoms with Gasteiger partial charge >= 0.3 is 6.18 Å². The third-order valence-electron chi connectivity index (χ3n) is 2.75. The highest BCUT2D eigenvalue weighted by molar-refractivity contribution is 5.26. The van der Waals surface area contributed by atoms with Crippen molar-refractivity contribution in [3.8, 4) is 0 Å². The molecule has 100 valence electrons. The molecule has 0 amide bonds. The Morgan fingerprint density at radius 3 is 2.16 bits per heavy atom. The first kappa shape index (κ1) is 13.5. The van der Waals surface area contributed by atoms with Crippen molar-refractivity contribution in [3.63, 3.8) is 0 Å². The zero-order valence-corrected chi connectivity index (χ0v) is 9.93. The molecular formula is C13H12F3N3. The first-order chi connectivity index (χ1) is 8.97. The van der Waals surface area contributed by atoms with E-state index >= 15 is 0 Å². The number of benzene rings is 1. The molecule has 1 aromatic heterocycles. The molecule has 1 unspecified atom stereocenters. The van der Waals surface area contributed by atoms with Crippen LogP contribution in [0.5, 0.6) is 0 Å². The van der Waals surface area contributed by atoms with Gasteiger partial charge in [-0.2, -0.15) is 13.2 Å². The lowest BCUT2D eigenvalue weighted by Crippen LogP contribution is -2.14. The van der Waals surface area contributed by atoms with E-state index in [4.69, 9.17) is 5.73 Å². The van der Waals surface area contributed by atoms with Crippen molar-refractivity contribution in [1.29, 1.82) is 0 Å². The fourth-order valence-corrected chi connectivity index (χ4v) is 1.70. The Labute approximate surface area is 108 Å². The monoisotopic (exact) mass is 267 g/mol. The second kappa shape index (κ2) is 5.36. The lowest BCUT2D eigenvalue weighted by Gasteiger charge is -2.12. The lowest BCUT2D eigenvalue weighted by molar-refractivity contribution is -0.137. The summed E-state index contributed by atoms with van der Waals surface area (Å²) in [5, 5.41) is 0. The Bertz CT molecular complexity index is 523. The summed E-state index contributed by atoms with van der Waals surface area (Å²) < 4.78 is 37.2. The van der Waals surface area contributed by atoms with E-state index in [0.29, 0.717) is 6.42 Å². The first-order valence-electron chi connectivity index (χ1n) is 5.63. The third kappa shape index (κ3) is 3.51. The van der Waals surface area contributed by atoms with Gasteiger partial charge in [0.2, 0.25) is 0 Å². The van der Waals surface area contributed by atoms with Crippen molar-refractivity contribution in [2.75, 3.05) is 0 Å². The molecule has 0 spiro atoms. The number of rotatable bonds is 3. The minimum absolute atomic E-state index is 0.335. The van der Waals surface area contributed by atoms with E-state index in [1.807, 2.05) is 0 Å². The minimum Gasteiger partial charge on any atom is -0.324 e. The van der Waals surface area contributed by atoms with Crippen LogP contribution in [0, 0.1) is 0 Å². The molecule has 0 fully saturated rings. The number of halogens is 3. The summed E-state index contributed by atoms with van der Waals surface area (Å²) in [5.74, 6) is 0. The van der Waals surface area contributed by atoms with Gasteiger partial charge in [-0.3, -0.25) is 0 Å². The summed E-state index contributed by atoms with van der Waals surface area (Å²) in [6.45, 7) is 0. The summed E-state index contributed by atoms with van der Waals surface area (Å²) >= 11 is 0. The van der Waals surface area contributed by atoms with E-state index in [1.54, 1.807) is 12.4 Å². The van der Waals surface area contributed by atoms with Gasteiger partial charge in [0.25, 0.3) is 0 Å². The normalized spacial score (nSPS) is 13.3. The third-order valence-corrected chi connectivity index (χ3v) is 2.75. The fraction of sp³-hybridized carbons (Fsp3) is 0.231. The van der Waals surface area contributed by atoms with Crippen LogP contribution in [-0.2, 0) is 12.6 Å². The standard InChI is InChI=1S/C13H12F3N3/c14-13(15,16)11-3-1-9(2-4-11)5-12(17)10-6-18-8-19-7-10/h1-4,6-8,12H,5,17H2. The molecule has 2 rings (SSSR count). The highest BCUT2D eigenvalue weighted by Gasteiger charge is 2.29. The Morgan fingerprint density at radius 2 is 1.63 bits per heavy atom. The summed E-state index contributed by atoms with van der Waals surface area (Å²) in [6.07, 6.45) is 0.720. The molecule has 2 N–H and O–H groups in total. The molecule has 1 atom stereocenters. The van der Waals surface area contributed by atoms with Gasteiger partial charge in [-0.05, 0) is 24.1 Å². The van der Waals surface area contributed by atoms with Crippen molar-refractivity contribution in [2.45, 2.75) is 18.6 Å². The van der Waals surface area contributed by atoms with Gasteiger partial charge in [-0.1, -0.05) is 12.1 Å². The Balaban J connectivity index is 2.08. The highest BCUT2D eigenvalue weighted by Crippen LogP contribution is 2.29. The van der Waals surface area contributed by atoms with Crippen LogP contribution in [0.4, 0.5) is 13.2 Å². The molecule has 3 nitrogen and oxygen atoms in total. The molecule has 0 saturated heterocycles. The predicted octanol–water partition coefficient (Wildman–Crippen LogP) is 2.74. The molecule has 0 radical (unpaired) electrons. The Hall–Kier alpha value is -1.95. The van der Waals surface area contributed by atoms with E-state index in [2.05, 4.69) is 9.97 Å². The molecule has 0 aliphatic carbocycles. The largest absolute Gasteiger partial charge is 0.416 e. The molecule has 0 bridgehead atoms. The molecule has 0 aliphatic rings. The van der Waals surface area contributed by atoms with Gasteiger partial charge in [-0.25, -0.2) is 9.97 Å². The van der Waals surface area contributed by atoms with Crippen LogP contribution in [0.15, 0.2) is 43.0 Å². The number of nitrogens with zero attached hydrogens (tertiary/aromatic N) is 2. The maximum Gasteiger partial charge on any atom is 0.416 e. The second-order valence-electron chi connectivity index (χ2n) is 4.18. The molecular weight excluding hydrogens is 255 g/mol. The van der Waals surface area contributed by atoms with Crippen LogP contribution in [0.2, 0.25) is 0 Å². The summed E-state index contributed by atoms with van der Waals surface area (Å²) in [6, 6.07) is 4.66. The Kier molecular flexibility index (Phi) is 3.80. The van der Waals surface area contributed by atoms with E-state index < -0.39 is 11.7 Å². The zero-order chi connectivity index (χ0) is 13.9. The van der Waals surface area contributed by atoms with Crippen molar-refractivity contribution >= 4 is 0 Å². The van der Waals surface area contributed by atoms with Crippen molar-refractivity contribution in [3.05, 3.63) is 59.7 Å².